The number of imide groups is 1. The van der Waals surface area contributed by atoms with E-state index in [2.05, 4.69) is 25.8 Å². The average Bonchev–Trinajstić information content (AvgIpc) is 2.70. The quantitative estimate of drug-likeness (QED) is 0.708. The Labute approximate surface area is 170 Å². The van der Waals surface area contributed by atoms with Crippen LogP contribution in [0.4, 0.5) is 20.6 Å². The molecular formula is C20H18BrFN4O2. The molecule has 2 aromatic rings. The van der Waals surface area contributed by atoms with Gasteiger partial charge in [0, 0.05) is 36.3 Å². The van der Waals surface area contributed by atoms with Gasteiger partial charge in [-0.2, -0.15) is 4.99 Å². The average molecular weight is 445 g/mol. The molecule has 28 heavy (non-hydrogen) atoms. The molecule has 0 radical (unpaired) electrons. The summed E-state index contributed by atoms with van der Waals surface area (Å²) < 4.78 is 14.0. The van der Waals surface area contributed by atoms with Gasteiger partial charge in [-0.15, -0.1) is 0 Å². The van der Waals surface area contributed by atoms with Gasteiger partial charge in [0.2, 0.25) is 5.91 Å². The minimum atomic E-state index is -0.561. The van der Waals surface area contributed by atoms with Crippen LogP contribution in [0.25, 0.3) is 0 Å². The minimum Gasteiger partial charge on any atom is -0.368 e. The molecule has 4 rings (SSSR count). The lowest BCUT2D eigenvalue weighted by Crippen LogP contribution is -2.52. The number of piperazine rings is 1. The smallest absolute Gasteiger partial charge is 0.356 e. The van der Waals surface area contributed by atoms with Crippen molar-refractivity contribution >= 4 is 45.1 Å². The molecule has 2 heterocycles. The molecular weight excluding hydrogens is 427 g/mol. The summed E-state index contributed by atoms with van der Waals surface area (Å²) in [5.74, 6) is -0.0216. The number of hydrogen-bond acceptors (Lipinski definition) is 4. The first-order valence-electron chi connectivity index (χ1n) is 8.97. The second-order valence-electron chi connectivity index (χ2n) is 6.64. The number of hydrogen-bond donors (Lipinski definition) is 0. The highest BCUT2D eigenvalue weighted by Crippen LogP contribution is 2.24. The molecule has 144 valence electrons. The fourth-order valence-electron chi connectivity index (χ4n) is 3.42. The number of halogens is 2. The Morgan fingerprint density at radius 3 is 2.00 bits per heavy atom. The molecule has 8 heteroatoms. The third-order valence-electron chi connectivity index (χ3n) is 4.90. The summed E-state index contributed by atoms with van der Waals surface area (Å²) in [6.07, 6.45) is 0.0956. The number of amidine groups is 1. The zero-order chi connectivity index (χ0) is 19.7. The molecule has 2 aliphatic rings. The molecule has 0 bridgehead atoms. The number of urea groups is 1. The molecule has 0 saturated carbocycles. The Morgan fingerprint density at radius 2 is 1.39 bits per heavy atom. The normalized spacial score (nSPS) is 17.8. The van der Waals surface area contributed by atoms with Gasteiger partial charge in [-0.25, -0.2) is 14.1 Å². The molecule has 0 aliphatic carbocycles. The summed E-state index contributed by atoms with van der Waals surface area (Å²) in [7, 11) is 0. The Kier molecular flexibility index (Phi) is 5.13. The Morgan fingerprint density at radius 1 is 0.821 bits per heavy atom. The predicted molar refractivity (Wildman–Crippen MR) is 109 cm³/mol. The van der Waals surface area contributed by atoms with Crippen molar-refractivity contribution in [2.75, 3.05) is 36.0 Å². The van der Waals surface area contributed by atoms with Crippen LogP contribution in [0.2, 0.25) is 0 Å². The molecule has 0 spiro atoms. The maximum absolute atomic E-state index is 13.1. The van der Waals surface area contributed by atoms with Gasteiger partial charge in [-0.3, -0.25) is 4.79 Å². The van der Waals surface area contributed by atoms with Gasteiger partial charge in [0.15, 0.2) is 0 Å². The van der Waals surface area contributed by atoms with Crippen molar-refractivity contribution in [3.05, 3.63) is 58.8 Å². The molecule has 1 saturated heterocycles. The van der Waals surface area contributed by atoms with Crippen molar-refractivity contribution < 1.29 is 14.0 Å². The summed E-state index contributed by atoms with van der Waals surface area (Å²) >= 11 is 3.34. The number of benzene rings is 2. The maximum Gasteiger partial charge on any atom is 0.356 e. The highest BCUT2D eigenvalue weighted by Gasteiger charge is 2.32. The van der Waals surface area contributed by atoms with Gasteiger partial charge in [0.1, 0.15) is 11.7 Å². The second kappa shape index (κ2) is 7.71. The standard InChI is InChI=1S/C20H18BrFN4O2/c21-14-1-5-17(6-2-14)26-19(27)13-18(23-20(26)28)25-11-9-24(10-12-25)16-7-3-15(22)4-8-16/h1-8H,9-13H2. The lowest BCUT2D eigenvalue weighted by atomic mass is 10.2. The molecule has 1 fully saturated rings. The predicted octanol–water partition coefficient (Wildman–Crippen LogP) is 3.67. The van der Waals surface area contributed by atoms with Gasteiger partial charge in [-0.05, 0) is 48.5 Å². The molecule has 0 aromatic heterocycles. The number of carbonyl (C=O) groups is 2. The summed E-state index contributed by atoms with van der Waals surface area (Å²) in [5.41, 5.74) is 1.47. The van der Waals surface area contributed by atoms with E-state index < -0.39 is 6.03 Å². The van der Waals surface area contributed by atoms with Crippen LogP contribution in [0.5, 0.6) is 0 Å². The number of anilines is 2. The lowest BCUT2D eigenvalue weighted by Gasteiger charge is -2.38. The number of carbonyl (C=O) groups excluding carboxylic acids is 2. The van der Waals surface area contributed by atoms with Crippen LogP contribution in [0.3, 0.4) is 0 Å². The van der Waals surface area contributed by atoms with Gasteiger partial charge >= 0.3 is 6.03 Å². The lowest BCUT2D eigenvalue weighted by molar-refractivity contribution is -0.117. The largest absolute Gasteiger partial charge is 0.368 e. The zero-order valence-corrected chi connectivity index (χ0v) is 16.6. The molecule has 0 unspecified atom stereocenters. The van der Waals surface area contributed by atoms with Crippen molar-refractivity contribution in [1.29, 1.82) is 0 Å². The van der Waals surface area contributed by atoms with Crippen molar-refractivity contribution in [2.24, 2.45) is 4.99 Å². The summed E-state index contributed by atoms with van der Waals surface area (Å²) in [5, 5.41) is 0. The number of aliphatic imine (C=N–C) groups is 1. The Hall–Kier alpha value is -2.74. The van der Waals surface area contributed by atoms with Crippen molar-refractivity contribution in [3.63, 3.8) is 0 Å². The first-order valence-corrected chi connectivity index (χ1v) is 9.76. The van der Waals surface area contributed by atoms with E-state index in [0.29, 0.717) is 37.7 Å². The summed E-state index contributed by atoms with van der Waals surface area (Å²) in [6.45, 7) is 2.72. The maximum atomic E-state index is 13.1. The van der Waals surface area contributed by atoms with Crippen LogP contribution >= 0.6 is 15.9 Å². The van der Waals surface area contributed by atoms with Gasteiger partial charge in [0.05, 0.1) is 12.1 Å². The summed E-state index contributed by atoms with van der Waals surface area (Å²) in [6, 6.07) is 12.8. The first-order chi connectivity index (χ1) is 13.5. The summed E-state index contributed by atoms with van der Waals surface area (Å²) in [4.78, 5) is 34.5. The number of rotatable bonds is 2. The molecule has 0 atom stereocenters. The second-order valence-corrected chi connectivity index (χ2v) is 7.56. The fourth-order valence-corrected chi connectivity index (χ4v) is 3.69. The Bertz CT molecular complexity index is 922. The van der Waals surface area contributed by atoms with Crippen molar-refractivity contribution in [1.82, 2.24) is 4.90 Å². The molecule has 0 N–H and O–H groups in total. The molecule has 2 aromatic carbocycles. The van der Waals surface area contributed by atoms with E-state index in [-0.39, 0.29) is 18.1 Å². The van der Waals surface area contributed by atoms with E-state index in [9.17, 15) is 14.0 Å². The zero-order valence-electron chi connectivity index (χ0n) is 15.0. The SMILES string of the molecule is O=C1CC(N2CCN(c3ccc(F)cc3)CC2)=NC(=O)N1c1ccc(Br)cc1. The van der Waals surface area contributed by atoms with Crippen LogP contribution in [-0.4, -0.2) is 48.9 Å². The third-order valence-corrected chi connectivity index (χ3v) is 5.42. The highest BCUT2D eigenvalue weighted by atomic mass is 79.9. The molecule has 6 nitrogen and oxygen atoms in total. The topological polar surface area (TPSA) is 56.2 Å². The van der Waals surface area contributed by atoms with Crippen LogP contribution in [0.1, 0.15) is 6.42 Å². The van der Waals surface area contributed by atoms with Crippen LogP contribution < -0.4 is 9.80 Å². The van der Waals surface area contributed by atoms with Crippen molar-refractivity contribution in [3.8, 4) is 0 Å². The van der Waals surface area contributed by atoms with Gasteiger partial charge in [0.25, 0.3) is 0 Å². The molecule has 2 aliphatic heterocycles. The molecule has 3 amide bonds. The van der Waals surface area contributed by atoms with Gasteiger partial charge in [-0.1, -0.05) is 15.9 Å². The van der Waals surface area contributed by atoms with Crippen LogP contribution in [0, 0.1) is 5.82 Å². The van der Waals surface area contributed by atoms with E-state index in [1.165, 1.54) is 12.1 Å². The van der Waals surface area contributed by atoms with E-state index in [1.807, 2.05) is 4.90 Å². The van der Waals surface area contributed by atoms with Gasteiger partial charge < -0.3 is 9.80 Å². The van der Waals surface area contributed by atoms with Crippen LogP contribution in [0.15, 0.2) is 58.0 Å². The van der Waals surface area contributed by atoms with E-state index in [4.69, 9.17) is 0 Å². The monoisotopic (exact) mass is 444 g/mol. The minimum absolute atomic E-state index is 0.0956. The van der Waals surface area contributed by atoms with Crippen molar-refractivity contribution in [2.45, 2.75) is 6.42 Å². The number of nitrogens with zero attached hydrogens (tertiary/aromatic N) is 4. The van der Waals surface area contributed by atoms with E-state index in [0.717, 1.165) is 15.1 Å². The highest BCUT2D eigenvalue weighted by molar-refractivity contribution is 9.10. The third kappa shape index (κ3) is 3.77. The van der Waals surface area contributed by atoms with E-state index in [1.54, 1.807) is 36.4 Å². The Balaban J connectivity index is 1.44. The number of amides is 3. The van der Waals surface area contributed by atoms with Crippen LogP contribution in [-0.2, 0) is 4.79 Å². The van der Waals surface area contributed by atoms with E-state index >= 15 is 0 Å². The fraction of sp³-hybridized carbons (Fsp3) is 0.250. The first kappa shape index (κ1) is 18.6.